The minimum absolute atomic E-state index is 0.0217. The lowest BCUT2D eigenvalue weighted by molar-refractivity contribution is -0.124. The number of rotatable bonds is 32. The predicted octanol–water partition coefficient (Wildman–Crippen LogP) is 18.4. The Labute approximate surface area is 854 Å². The van der Waals surface area contributed by atoms with Gasteiger partial charge in [0.25, 0.3) is 29.6 Å². The zero-order chi connectivity index (χ0) is 107. The molecule has 0 amide bonds. The maximum Gasteiger partial charge on any atom is 0.286 e. The Bertz CT molecular complexity index is 7510. The summed E-state index contributed by atoms with van der Waals surface area (Å²) in [6, 6.07) is 36.8. The Balaban J connectivity index is 0.000000136. The van der Waals surface area contributed by atoms with E-state index >= 15 is 0 Å². The normalized spacial score (nSPS) is 22.1. The molecule has 27 nitrogen and oxygen atoms in total. The van der Waals surface area contributed by atoms with Crippen LogP contribution in [0.25, 0.3) is 45.0 Å². The maximum atomic E-state index is 14.2. The molecule has 8 aliphatic rings. The second-order valence-electron chi connectivity index (χ2n) is 38.9. The summed E-state index contributed by atoms with van der Waals surface area (Å²) in [5, 5.41) is 0. The number of hydrogen-bond acceptors (Lipinski definition) is 23. The lowest BCUT2D eigenvalue weighted by Gasteiger charge is -2.33. The van der Waals surface area contributed by atoms with Gasteiger partial charge in [-0.1, -0.05) is 48.5 Å². The second-order valence-corrected chi connectivity index (χ2v) is 46.3. The van der Waals surface area contributed by atoms with Gasteiger partial charge in [0.15, 0.2) is 23.1 Å². The Morgan fingerprint density at radius 3 is 1.06 bits per heavy atom. The van der Waals surface area contributed by atoms with E-state index in [-0.39, 0.29) is 148 Å². The van der Waals surface area contributed by atoms with Crippen LogP contribution in [0, 0.1) is 46.4 Å². The van der Waals surface area contributed by atoms with Crippen molar-refractivity contribution in [1.29, 1.82) is 0 Å². The summed E-state index contributed by atoms with van der Waals surface area (Å²) in [5.74, 6) is -18.5. The van der Waals surface area contributed by atoms with E-state index in [9.17, 15) is 114 Å². The summed E-state index contributed by atoms with van der Waals surface area (Å²) >= 11 is 0. The number of pyridine rings is 2. The number of alkyl halides is 10. The van der Waals surface area contributed by atoms with Gasteiger partial charge in [0, 0.05) is 153 Å². The molecule has 6 aromatic heterocycles. The number of aryl methyl sites for hydroxylation is 4. The van der Waals surface area contributed by atoms with Crippen molar-refractivity contribution in [3.63, 3.8) is 0 Å². The van der Waals surface area contributed by atoms with Crippen molar-refractivity contribution in [2.75, 3.05) is 19.8 Å². The molecule has 0 unspecified atom stereocenters. The molecule has 3 aliphatic carbocycles. The number of halogens is 14. The van der Waals surface area contributed by atoms with E-state index in [0.29, 0.717) is 100 Å². The van der Waals surface area contributed by atoms with Crippen molar-refractivity contribution < 1.29 is 119 Å². The molecule has 3 saturated carbocycles. The van der Waals surface area contributed by atoms with Crippen LogP contribution in [-0.4, -0.2) is 192 Å². The summed E-state index contributed by atoms with van der Waals surface area (Å²) in [6.45, 7) is 3.25. The SMILES string of the molecule is CC(F)(F)c1ccc(-c2cc(CCC(=O)[C@@H]3C[C@H]4C[C@H]4N3S(=O)(=O)c3ccc(F)cc3)ncn2)cn1.CC(F)(F)c1ccc(-c2cc(CCC(=O)[C@@H]3C[C@]4(CN3S(=O)(=O)c3ccc(F)cc3)CC4(F)F)ncn2)cn1.CC(F)(F)c1ccc(-c2cc(CCC(=O)[C@@H]3[C@H]4CC[C@H](C4)N3S(=O)(=O)c3ccc(F)cc3)ncn2)cc1.CC(F)(F)c1ccc(-c2cc(CCC(=O)[C@H]3C[C@@H]4COC[C@@H]4N3S(=O)(=O)c3ccc(F)cc3)ncn2)cc1. The fourth-order valence-corrected chi connectivity index (χ4v) is 27.5. The lowest BCUT2D eigenvalue weighted by atomic mass is 9.93. The van der Waals surface area contributed by atoms with E-state index < -0.39 is 153 Å². The summed E-state index contributed by atoms with van der Waals surface area (Å²) < 4.78 is 307. The van der Waals surface area contributed by atoms with Gasteiger partial charge in [-0.15, -0.1) is 0 Å². The molecule has 2 bridgehead atoms. The summed E-state index contributed by atoms with van der Waals surface area (Å²) in [5.41, 5.74) is 3.79. The third-order valence-corrected chi connectivity index (χ3v) is 36.0. The van der Waals surface area contributed by atoms with Gasteiger partial charge in [-0.05, 0) is 228 Å². The molecule has 8 fully saturated rings. The van der Waals surface area contributed by atoms with Crippen LogP contribution in [0.2, 0.25) is 0 Å². The molecule has 5 saturated heterocycles. The number of piperidine rings is 2. The molecule has 11 heterocycles. The molecule has 6 aromatic carbocycles. The predicted molar refractivity (Wildman–Crippen MR) is 516 cm³/mol. The topological polar surface area (TPSA) is 356 Å². The first-order valence-corrected chi connectivity index (χ1v) is 53.7. The summed E-state index contributed by atoms with van der Waals surface area (Å²) in [7, 11) is -16.3. The second kappa shape index (κ2) is 42.8. The van der Waals surface area contributed by atoms with Crippen molar-refractivity contribution in [2.24, 2.45) is 23.2 Å². The molecule has 45 heteroatoms. The van der Waals surface area contributed by atoms with Gasteiger partial charge in [-0.25, -0.2) is 117 Å². The number of carbonyl (C=O) groups excluding carboxylic acids is 4. The largest absolute Gasteiger partial charge is 0.379 e. The Morgan fingerprint density at radius 1 is 0.360 bits per heavy atom. The molecular formula is C105H98F14N14O13S4. The van der Waals surface area contributed by atoms with Crippen molar-refractivity contribution in [3.8, 4) is 45.0 Å². The van der Waals surface area contributed by atoms with E-state index in [1.54, 1.807) is 48.5 Å². The van der Waals surface area contributed by atoms with Crippen molar-refractivity contribution in [2.45, 2.75) is 222 Å². The molecular weight excluding hydrogens is 2060 g/mol. The highest BCUT2D eigenvalue weighted by atomic mass is 32.2. The van der Waals surface area contributed by atoms with Gasteiger partial charge in [0.05, 0.1) is 91.2 Å². The van der Waals surface area contributed by atoms with Crippen molar-refractivity contribution in [1.82, 2.24) is 67.1 Å². The van der Waals surface area contributed by atoms with Gasteiger partial charge < -0.3 is 4.74 Å². The van der Waals surface area contributed by atoms with Gasteiger partial charge >= 0.3 is 0 Å². The van der Waals surface area contributed by atoms with Crippen LogP contribution in [0.1, 0.15) is 150 Å². The first kappa shape index (κ1) is 108. The van der Waals surface area contributed by atoms with Gasteiger partial charge in [-0.2, -0.15) is 34.8 Å². The average Bonchev–Trinajstić information content (AvgIpc) is 1.55. The third kappa shape index (κ3) is 23.9. The zero-order valence-corrected chi connectivity index (χ0v) is 83.9. The number of Topliss-reactive ketones (excluding diaryl/α,β-unsaturated/α-hetero) is 4. The first-order chi connectivity index (χ1) is 70.8. The molecule has 0 radical (unpaired) electrons. The van der Waals surface area contributed by atoms with Gasteiger partial charge in [-0.3, -0.25) is 29.1 Å². The Morgan fingerprint density at radius 2 is 0.700 bits per heavy atom. The minimum atomic E-state index is -4.34. The number of ketones is 4. The number of fused-ring (bicyclic) bond motifs is 4. The number of aromatic nitrogens is 10. The summed E-state index contributed by atoms with van der Waals surface area (Å²) in [6.07, 6.45) is 11.6. The van der Waals surface area contributed by atoms with E-state index in [2.05, 4.69) is 49.8 Å². The summed E-state index contributed by atoms with van der Waals surface area (Å²) in [4.78, 5) is 93.7. The highest BCUT2D eigenvalue weighted by Gasteiger charge is 2.76. The average molecular weight is 2160 g/mol. The number of sulfonamides is 4. The van der Waals surface area contributed by atoms with Crippen LogP contribution < -0.4 is 0 Å². The molecule has 0 N–H and O–H groups in total. The highest BCUT2D eigenvalue weighted by molar-refractivity contribution is 7.90. The molecule has 788 valence electrons. The Kier molecular flexibility index (Phi) is 31.0. The molecule has 20 rings (SSSR count). The number of nitrogens with zero attached hydrogens (tertiary/aromatic N) is 14. The van der Waals surface area contributed by atoms with E-state index in [1.807, 2.05) is 0 Å². The standard InChI is InChI=1S/C27H26F3N3O4S.C27H26F3N3O3S.C26H23F5N4O3S.C25H23F3N4O3S/c1-27(29,30)19-4-2-17(3-5-19)23-13-21(31-16-32-23)8-11-26(34)24-12-18-14-37-15-25(18)33(24)38(35,36)22-9-6-20(28)7-10-22;1-27(29,30)19-5-2-17(3-6-19)24-15-21(31-16-32-24)9-13-25(34)26-18-4-10-22(14-18)33(26)37(35,36)23-11-7-20(28)8-12-23;1-24(28,29)23-9-2-16(12-32-23)20-10-18(33-15-34-20)5-8-22(36)21-11-25(13-26(25,30)31)14-35(21)39(37,38)19-6-3-17(27)4-7-19;1-25(27,28)24-9-2-15(13-29-24)20-12-18(30-14-31-20)5-8-23(33)22-11-16-10-21(16)32(22)36(34,35)19-6-3-17(26)4-7-19/h2-7,9-10,13,16,18,24-25H,8,11-12,14-15H2,1H3;2-3,5-8,11-12,15-16,18,22,26H,4,9-10,13-14H2,1H3;2-4,6-7,9-10,12,15,21H,5,8,11,13-14H2,1H3;2-4,6-7,9,12-14,16,21-22H,5,8,10-11H2,1H3/t18-,24-,25+;18-,22+,26-;21-,25+;16-,21-,22+/m1001/s1. The van der Waals surface area contributed by atoms with E-state index in [0.717, 1.165) is 106 Å². The first-order valence-electron chi connectivity index (χ1n) is 48.0. The van der Waals surface area contributed by atoms with Crippen LogP contribution in [0.3, 0.4) is 0 Å². The van der Waals surface area contributed by atoms with Crippen LogP contribution in [0.15, 0.2) is 251 Å². The lowest BCUT2D eigenvalue weighted by Crippen LogP contribution is -2.49. The fraction of sp³-hybridized carbons (Fsp3) is 0.371. The Hall–Kier alpha value is -12.8. The van der Waals surface area contributed by atoms with Crippen LogP contribution in [-0.2, 0) is 113 Å². The quantitative estimate of drug-likeness (QED) is 0.0353. The number of carbonyl (C=O) groups is 4. The van der Waals surface area contributed by atoms with Gasteiger partial charge in [0.2, 0.25) is 40.1 Å². The van der Waals surface area contributed by atoms with Crippen LogP contribution in [0.5, 0.6) is 0 Å². The highest BCUT2D eigenvalue weighted by Crippen LogP contribution is 2.67. The zero-order valence-electron chi connectivity index (χ0n) is 80.6. The maximum absolute atomic E-state index is 14.2. The van der Waals surface area contributed by atoms with E-state index in [1.165, 1.54) is 136 Å². The number of hydrogen-bond donors (Lipinski definition) is 0. The van der Waals surface area contributed by atoms with Crippen LogP contribution in [0.4, 0.5) is 61.5 Å². The van der Waals surface area contributed by atoms with Gasteiger partial charge in [0.1, 0.15) is 60.0 Å². The molecule has 1 spiro atoms. The molecule has 12 aromatic rings. The molecule has 150 heavy (non-hydrogen) atoms. The van der Waals surface area contributed by atoms with E-state index in [4.69, 9.17) is 4.74 Å². The van der Waals surface area contributed by atoms with Crippen molar-refractivity contribution >= 4 is 63.2 Å². The number of ether oxygens (including phenoxy) is 1. The molecule has 5 aliphatic heterocycles. The fourth-order valence-electron chi connectivity index (χ4n) is 20.1. The van der Waals surface area contributed by atoms with Crippen molar-refractivity contribution in [3.05, 3.63) is 300 Å². The number of benzene rings is 6. The van der Waals surface area contributed by atoms with Crippen LogP contribution >= 0.6 is 0 Å². The minimum Gasteiger partial charge on any atom is -0.379 e. The monoisotopic (exact) mass is 2160 g/mol. The molecule has 11 atom stereocenters. The smallest absolute Gasteiger partial charge is 0.286 e. The third-order valence-electron chi connectivity index (χ3n) is 28.3.